The number of amides is 1. The highest BCUT2D eigenvalue weighted by atomic mass is 35.5. The van der Waals surface area contributed by atoms with E-state index in [2.05, 4.69) is 0 Å². The number of para-hydroxylation sites is 1. The van der Waals surface area contributed by atoms with Crippen LogP contribution in [0.4, 0.5) is 5.69 Å². The van der Waals surface area contributed by atoms with Crippen LogP contribution in [0.5, 0.6) is 5.75 Å². The molecular weight excluding hydrogens is 475 g/mol. The molecule has 1 fully saturated rings. The number of rotatable bonds is 6. The normalized spacial score (nSPS) is 16.1. The molecule has 4 nitrogen and oxygen atoms in total. The van der Waals surface area contributed by atoms with Gasteiger partial charge >= 0.3 is 0 Å². The fraction of sp³-hybridized carbons (Fsp3) is 0.154. The summed E-state index contributed by atoms with van der Waals surface area (Å²) in [4.78, 5) is 20.0. The third-order valence-electron chi connectivity index (χ3n) is 5.07. The fourth-order valence-corrected chi connectivity index (χ4v) is 4.78. The Balaban J connectivity index is 1.58. The van der Waals surface area contributed by atoms with Crippen molar-refractivity contribution < 1.29 is 9.53 Å². The van der Waals surface area contributed by atoms with E-state index in [0.717, 1.165) is 16.8 Å². The molecule has 4 rings (SSSR count). The zero-order valence-electron chi connectivity index (χ0n) is 18.2. The molecule has 0 aromatic heterocycles. The predicted octanol–water partition coefficient (Wildman–Crippen LogP) is 7.50. The van der Waals surface area contributed by atoms with Crippen LogP contribution < -0.4 is 4.74 Å². The van der Waals surface area contributed by atoms with Gasteiger partial charge in [-0.25, -0.2) is 4.99 Å². The molecule has 1 aliphatic rings. The largest absolute Gasteiger partial charge is 0.488 e. The number of likely N-dealkylation sites (N-methyl/N-ethyl adjacent to an activating group) is 1. The Labute approximate surface area is 207 Å². The van der Waals surface area contributed by atoms with Gasteiger partial charge < -0.3 is 4.74 Å². The number of aliphatic imine (C=N–C) groups is 1. The molecule has 0 N–H and O–H groups in total. The lowest BCUT2D eigenvalue weighted by molar-refractivity contribution is -0.122. The van der Waals surface area contributed by atoms with Gasteiger partial charge in [0, 0.05) is 27.7 Å². The van der Waals surface area contributed by atoms with Gasteiger partial charge in [0.2, 0.25) is 0 Å². The molecule has 3 aromatic rings. The second-order valence-corrected chi connectivity index (χ2v) is 9.30. The van der Waals surface area contributed by atoms with Crippen molar-refractivity contribution in [2.24, 2.45) is 4.99 Å². The third kappa shape index (κ3) is 5.61. The number of amidine groups is 1. The van der Waals surface area contributed by atoms with E-state index in [-0.39, 0.29) is 5.91 Å². The molecule has 0 aliphatic carbocycles. The molecule has 0 unspecified atom stereocenters. The number of hydrogen-bond acceptors (Lipinski definition) is 4. The number of carbonyl (C=O) groups is 1. The molecule has 33 heavy (non-hydrogen) atoms. The summed E-state index contributed by atoms with van der Waals surface area (Å²) in [6.07, 6.45) is 1.85. The zero-order chi connectivity index (χ0) is 23.4. The lowest BCUT2D eigenvalue weighted by Gasteiger charge is -2.12. The van der Waals surface area contributed by atoms with Crippen LogP contribution in [0.25, 0.3) is 6.08 Å². The van der Waals surface area contributed by atoms with Crippen LogP contribution in [-0.2, 0) is 11.4 Å². The summed E-state index contributed by atoms with van der Waals surface area (Å²) in [6, 6.07) is 20.8. The Bertz CT molecular complexity index is 1240. The predicted molar refractivity (Wildman–Crippen MR) is 138 cm³/mol. The number of nitrogens with zero attached hydrogens (tertiary/aromatic N) is 2. The lowest BCUT2D eigenvalue weighted by atomic mass is 10.1. The van der Waals surface area contributed by atoms with E-state index in [4.69, 9.17) is 32.9 Å². The summed E-state index contributed by atoms with van der Waals surface area (Å²) in [7, 11) is 0. The minimum atomic E-state index is -0.0658. The number of aryl methyl sites for hydroxylation is 1. The van der Waals surface area contributed by atoms with Gasteiger partial charge in [0.1, 0.15) is 12.4 Å². The van der Waals surface area contributed by atoms with E-state index >= 15 is 0 Å². The number of carbonyl (C=O) groups excluding carboxylic acids is 1. The molecule has 1 heterocycles. The van der Waals surface area contributed by atoms with E-state index in [1.807, 2.05) is 74.5 Å². The molecule has 0 spiro atoms. The molecule has 1 amide bonds. The van der Waals surface area contributed by atoms with Crippen molar-refractivity contribution in [2.45, 2.75) is 20.5 Å². The van der Waals surface area contributed by atoms with Crippen LogP contribution in [0, 0.1) is 6.92 Å². The van der Waals surface area contributed by atoms with Gasteiger partial charge in [-0.2, -0.15) is 0 Å². The van der Waals surface area contributed by atoms with Crippen LogP contribution in [0.3, 0.4) is 0 Å². The fourth-order valence-electron chi connectivity index (χ4n) is 3.27. The number of halogens is 2. The van der Waals surface area contributed by atoms with E-state index in [9.17, 15) is 4.79 Å². The van der Waals surface area contributed by atoms with E-state index < -0.39 is 0 Å². The molecule has 0 saturated carbocycles. The average molecular weight is 497 g/mol. The maximum absolute atomic E-state index is 13.0. The molecule has 7 heteroatoms. The zero-order valence-corrected chi connectivity index (χ0v) is 20.5. The van der Waals surface area contributed by atoms with Crippen molar-refractivity contribution in [1.82, 2.24) is 4.90 Å². The van der Waals surface area contributed by atoms with Crippen molar-refractivity contribution in [2.75, 3.05) is 6.54 Å². The molecule has 1 saturated heterocycles. The van der Waals surface area contributed by atoms with E-state index in [0.29, 0.717) is 39.0 Å². The van der Waals surface area contributed by atoms with E-state index in [1.165, 1.54) is 17.3 Å². The van der Waals surface area contributed by atoms with Gasteiger partial charge in [-0.1, -0.05) is 65.2 Å². The van der Waals surface area contributed by atoms with E-state index in [1.54, 1.807) is 17.0 Å². The highest BCUT2D eigenvalue weighted by Gasteiger charge is 2.32. The van der Waals surface area contributed by atoms with Gasteiger partial charge in [-0.15, -0.1) is 0 Å². The summed E-state index contributed by atoms with van der Waals surface area (Å²) < 4.78 is 6.04. The first kappa shape index (κ1) is 23.4. The molecule has 0 bridgehead atoms. The smallest absolute Gasteiger partial charge is 0.266 e. The Hall–Kier alpha value is -2.73. The Kier molecular flexibility index (Phi) is 7.43. The van der Waals surface area contributed by atoms with Crippen molar-refractivity contribution >= 4 is 57.8 Å². The Morgan fingerprint density at radius 1 is 1.06 bits per heavy atom. The summed E-state index contributed by atoms with van der Waals surface area (Å²) in [5, 5.41) is 1.80. The molecule has 3 aromatic carbocycles. The lowest BCUT2D eigenvalue weighted by Crippen LogP contribution is -2.28. The van der Waals surface area contributed by atoms with Gasteiger partial charge in [-0.3, -0.25) is 9.69 Å². The highest BCUT2D eigenvalue weighted by molar-refractivity contribution is 8.18. The van der Waals surface area contributed by atoms with Gasteiger partial charge in [0.15, 0.2) is 5.17 Å². The quantitative estimate of drug-likeness (QED) is 0.331. The summed E-state index contributed by atoms with van der Waals surface area (Å²) in [5.74, 6) is 0.597. The summed E-state index contributed by atoms with van der Waals surface area (Å²) >= 11 is 13.6. The summed E-state index contributed by atoms with van der Waals surface area (Å²) in [5.41, 5.74) is 3.63. The highest BCUT2D eigenvalue weighted by Crippen LogP contribution is 2.35. The summed E-state index contributed by atoms with van der Waals surface area (Å²) in [6.45, 7) is 4.81. The molecule has 1 aliphatic heterocycles. The maximum atomic E-state index is 13.0. The molecule has 0 radical (unpaired) electrons. The first-order valence-electron chi connectivity index (χ1n) is 10.5. The van der Waals surface area contributed by atoms with Crippen LogP contribution in [0.15, 0.2) is 76.6 Å². The molecular formula is C26H22Cl2N2O2S. The van der Waals surface area contributed by atoms with Crippen molar-refractivity contribution in [3.05, 3.63) is 98.4 Å². The third-order valence-corrected chi connectivity index (χ3v) is 6.66. The average Bonchev–Trinajstić information content (AvgIpc) is 3.09. The van der Waals surface area contributed by atoms with Crippen molar-refractivity contribution in [3.8, 4) is 5.75 Å². The minimum absolute atomic E-state index is 0.0658. The number of benzene rings is 3. The molecule has 0 atom stereocenters. The van der Waals surface area contributed by atoms with Gasteiger partial charge in [0.05, 0.1) is 10.6 Å². The van der Waals surface area contributed by atoms with Crippen LogP contribution in [-0.4, -0.2) is 22.5 Å². The van der Waals surface area contributed by atoms with Crippen molar-refractivity contribution in [1.29, 1.82) is 0 Å². The Morgan fingerprint density at radius 3 is 2.55 bits per heavy atom. The van der Waals surface area contributed by atoms with Crippen LogP contribution in [0.2, 0.25) is 10.0 Å². The first-order valence-corrected chi connectivity index (χ1v) is 12.0. The minimum Gasteiger partial charge on any atom is -0.488 e. The van der Waals surface area contributed by atoms with Gasteiger partial charge in [0.25, 0.3) is 5.91 Å². The van der Waals surface area contributed by atoms with Crippen LogP contribution in [0.1, 0.15) is 23.6 Å². The second-order valence-electron chi connectivity index (χ2n) is 7.45. The van der Waals surface area contributed by atoms with Crippen molar-refractivity contribution in [3.63, 3.8) is 0 Å². The number of thioether (sulfide) groups is 1. The Morgan fingerprint density at radius 2 is 1.82 bits per heavy atom. The topological polar surface area (TPSA) is 41.9 Å². The SMILES string of the molecule is CCN1C(=O)/C(=C\c2ccccc2OCc2ccc(Cl)cc2Cl)SC1=Nc1ccc(C)cc1. The first-order chi connectivity index (χ1) is 15.9. The molecule has 168 valence electrons. The van der Waals surface area contributed by atoms with Crippen LogP contribution >= 0.6 is 35.0 Å². The van der Waals surface area contributed by atoms with Gasteiger partial charge in [-0.05, 0) is 62.0 Å². The monoisotopic (exact) mass is 496 g/mol. The number of ether oxygens (including phenoxy) is 1. The second kappa shape index (κ2) is 10.5. The number of hydrogen-bond donors (Lipinski definition) is 0. The maximum Gasteiger partial charge on any atom is 0.266 e. The standard InChI is InChI=1S/C26H22Cl2N2O2S/c1-3-30-25(31)24(33-26(30)29-21-12-8-17(2)9-13-21)14-18-6-4-5-7-23(18)32-16-19-10-11-20(27)15-22(19)28/h4-15H,3,16H2,1-2H3/b24-14+,29-26?.